The maximum atomic E-state index is 13.2. The third-order valence-corrected chi connectivity index (χ3v) is 4.03. The fraction of sp³-hybridized carbons (Fsp3) is 0.190. The van der Waals surface area contributed by atoms with Crippen LogP contribution in [0.25, 0.3) is 6.08 Å². The first-order chi connectivity index (χ1) is 14.3. The molecule has 30 heavy (non-hydrogen) atoms. The van der Waals surface area contributed by atoms with Crippen molar-refractivity contribution in [3.05, 3.63) is 58.9 Å². The minimum atomic E-state index is -1.10. The molecule has 0 radical (unpaired) electrons. The average molecular weight is 433 g/mol. The molecule has 7 nitrogen and oxygen atoms in total. The summed E-state index contributed by atoms with van der Waals surface area (Å²) in [6.45, 7) is 1.28. The number of nitriles is 1. The van der Waals surface area contributed by atoms with E-state index in [1.807, 2.05) is 6.07 Å². The lowest BCUT2D eigenvalue weighted by molar-refractivity contribution is -0.148. The summed E-state index contributed by atoms with van der Waals surface area (Å²) in [5, 5.41) is 10.9. The number of halogens is 2. The van der Waals surface area contributed by atoms with Gasteiger partial charge in [-0.05, 0) is 48.9 Å². The Morgan fingerprint density at radius 2 is 2.03 bits per heavy atom. The quantitative estimate of drug-likeness (QED) is 0.500. The number of anilines is 1. The van der Waals surface area contributed by atoms with E-state index in [9.17, 15) is 14.0 Å². The number of benzene rings is 2. The summed E-state index contributed by atoms with van der Waals surface area (Å²) in [6.07, 6.45) is 1.54. The van der Waals surface area contributed by atoms with Crippen LogP contribution < -0.4 is 14.8 Å². The highest BCUT2D eigenvalue weighted by molar-refractivity contribution is 6.31. The van der Waals surface area contributed by atoms with Crippen LogP contribution in [0.5, 0.6) is 11.5 Å². The second-order valence-electron chi connectivity index (χ2n) is 5.89. The Labute approximate surface area is 177 Å². The van der Waals surface area contributed by atoms with Crippen LogP contribution in [0.2, 0.25) is 5.02 Å². The summed E-state index contributed by atoms with van der Waals surface area (Å²) < 4.78 is 28.6. The van der Waals surface area contributed by atoms with Gasteiger partial charge in [-0.1, -0.05) is 17.7 Å². The standard InChI is InChI=1S/C21H18ClFN2O5/c1-13(21(27)25-15-5-6-17(23)16(22)12-15)30-20(26)8-4-14-3-7-18(29-10-9-24)19(11-14)28-2/h3-8,11-13H,10H2,1-2H3,(H,25,27)/b8-4+/t13-/m1/s1. The number of amides is 1. The van der Waals surface area contributed by atoms with Gasteiger partial charge < -0.3 is 19.5 Å². The second kappa shape index (κ2) is 10.8. The third kappa shape index (κ3) is 6.50. The molecule has 0 heterocycles. The van der Waals surface area contributed by atoms with Crippen LogP contribution in [-0.4, -0.2) is 31.7 Å². The average Bonchev–Trinajstić information content (AvgIpc) is 2.73. The number of nitrogens with one attached hydrogen (secondary N) is 1. The Balaban J connectivity index is 1.95. The first-order valence-corrected chi connectivity index (χ1v) is 9.04. The van der Waals surface area contributed by atoms with E-state index in [4.69, 9.17) is 31.1 Å². The monoisotopic (exact) mass is 432 g/mol. The van der Waals surface area contributed by atoms with E-state index in [1.54, 1.807) is 18.2 Å². The summed E-state index contributed by atoms with van der Waals surface area (Å²) in [5.74, 6) is -1.16. The predicted octanol–water partition coefficient (Wildman–Crippen LogP) is 3.97. The van der Waals surface area contributed by atoms with E-state index in [-0.39, 0.29) is 17.3 Å². The summed E-state index contributed by atoms with van der Waals surface area (Å²) in [5.41, 5.74) is 0.891. The van der Waals surface area contributed by atoms with Gasteiger partial charge in [0.2, 0.25) is 0 Å². The highest BCUT2D eigenvalue weighted by atomic mass is 35.5. The van der Waals surface area contributed by atoms with E-state index in [2.05, 4.69) is 5.32 Å². The zero-order valence-electron chi connectivity index (χ0n) is 16.1. The molecule has 1 amide bonds. The van der Waals surface area contributed by atoms with Crippen LogP contribution >= 0.6 is 11.6 Å². The van der Waals surface area contributed by atoms with Crippen molar-refractivity contribution in [1.29, 1.82) is 5.26 Å². The van der Waals surface area contributed by atoms with E-state index in [1.165, 1.54) is 32.2 Å². The van der Waals surface area contributed by atoms with Crippen molar-refractivity contribution in [2.45, 2.75) is 13.0 Å². The van der Waals surface area contributed by atoms with Crippen LogP contribution in [0, 0.1) is 17.1 Å². The topological polar surface area (TPSA) is 97.7 Å². The van der Waals surface area contributed by atoms with Crippen molar-refractivity contribution < 1.29 is 28.2 Å². The fourth-order valence-corrected chi connectivity index (χ4v) is 2.45. The molecule has 0 unspecified atom stereocenters. The fourth-order valence-electron chi connectivity index (χ4n) is 2.27. The largest absolute Gasteiger partial charge is 0.493 e. The molecule has 0 saturated carbocycles. The molecule has 0 bridgehead atoms. The summed E-state index contributed by atoms with van der Waals surface area (Å²) in [4.78, 5) is 24.1. The molecule has 2 aromatic carbocycles. The molecule has 0 aliphatic heterocycles. The van der Waals surface area contributed by atoms with Gasteiger partial charge in [-0.3, -0.25) is 4.79 Å². The highest BCUT2D eigenvalue weighted by Crippen LogP contribution is 2.28. The molecule has 9 heteroatoms. The number of carbonyl (C=O) groups is 2. The third-order valence-electron chi connectivity index (χ3n) is 3.74. The normalized spacial score (nSPS) is 11.4. The zero-order chi connectivity index (χ0) is 22.1. The van der Waals surface area contributed by atoms with Gasteiger partial charge in [-0.2, -0.15) is 5.26 Å². The van der Waals surface area contributed by atoms with Gasteiger partial charge in [0.05, 0.1) is 12.1 Å². The zero-order valence-corrected chi connectivity index (χ0v) is 16.9. The summed E-state index contributed by atoms with van der Waals surface area (Å²) in [6, 6.07) is 10.4. The minimum absolute atomic E-state index is 0.123. The number of nitrogens with zero attached hydrogens (tertiary/aromatic N) is 1. The molecular weight excluding hydrogens is 415 g/mol. The van der Waals surface area contributed by atoms with Gasteiger partial charge >= 0.3 is 5.97 Å². The van der Waals surface area contributed by atoms with E-state index in [0.29, 0.717) is 17.1 Å². The molecule has 0 spiro atoms. The molecule has 0 saturated heterocycles. The number of hydrogen-bond donors (Lipinski definition) is 1. The van der Waals surface area contributed by atoms with Crippen LogP contribution in [0.3, 0.4) is 0 Å². The first-order valence-electron chi connectivity index (χ1n) is 8.66. The van der Waals surface area contributed by atoms with Gasteiger partial charge in [0.1, 0.15) is 11.9 Å². The Hall–Kier alpha value is -3.57. The van der Waals surface area contributed by atoms with E-state index in [0.717, 1.165) is 12.1 Å². The molecule has 0 aliphatic carbocycles. The number of esters is 1. The molecule has 0 aromatic heterocycles. The van der Waals surface area contributed by atoms with Crippen molar-refractivity contribution in [1.82, 2.24) is 0 Å². The lowest BCUT2D eigenvalue weighted by atomic mass is 10.2. The second-order valence-corrected chi connectivity index (χ2v) is 6.29. The lowest BCUT2D eigenvalue weighted by Crippen LogP contribution is -2.29. The number of ether oxygens (including phenoxy) is 3. The Morgan fingerprint density at radius 1 is 1.27 bits per heavy atom. The number of methoxy groups -OCH3 is 1. The van der Waals surface area contributed by atoms with Crippen LogP contribution in [0.4, 0.5) is 10.1 Å². The van der Waals surface area contributed by atoms with E-state index >= 15 is 0 Å². The maximum Gasteiger partial charge on any atom is 0.331 e. The van der Waals surface area contributed by atoms with Crippen molar-refractivity contribution in [2.24, 2.45) is 0 Å². The van der Waals surface area contributed by atoms with Gasteiger partial charge in [0, 0.05) is 11.8 Å². The number of carbonyl (C=O) groups excluding carboxylic acids is 2. The Bertz CT molecular complexity index is 1000. The first kappa shape index (κ1) is 22.7. The molecule has 156 valence electrons. The lowest BCUT2D eigenvalue weighted by Gasteiger charge is -2.12. The van der Waals surface area contributed by atoms with Crippen molar-refractivity contribution in [2.75, 3.05) is 19.0 Å². The van der Waals surface area contributed by atoms with Gasteiger partial charge in [0.15, 0.2) is 24.2 Å². The SMILES string of the molecule is COc1cc(/C=C/C(=O)O[C@H](C)C(=O)Nc2ccc(F)c(Cl)c2)ccc1OCC#N. The molecular formula is C21H18ClFN2O5. The van der Waals surface area contributed by atoms with Gasteiger partial charge in [-0.25, -0.2) is 9.18 Å². The molecule has 2 rings (SSSR count). The Kier molecular flexibility index (Phi) is 8.20. The summed E-state index contributed by atoms with van der Waals surface area (Å²) >= 11 is 5.67. The van der Waals surface area contributed by atoms with E-state index < -0.39 is 23.8 Å². The van der Waals surface area contributed by atoms with Gasteiger partial charge in [-0.15, -0.1) is 0 Å². The van der Waals surface area contributed by atoms with Crippen molar-refractivity contribution >= 4 is 35.2 Å². The molecule has 1 N–H and O–H groups in total. The maximum absolute atomic E-state index is 13.2. The molecule has 0 fully saturated rings. The molecule has 0 aliphatic rings. The van der Waals surface area contributed by atoms with Crippen LogP contribution in [0.1, 0.15) is 12.5 Å². The number of hydrogen-bond acceptors (Lipinski definition) is 6. The summed E-state index contributed by atoms with van der Waals surface area (Å²) in [7, 11) is 1.45. The van der Waals surface area contributed by atoms with Crippen molar-refractivity contribution in [3.63, 3.8) is 0 Å². The smallest absolute Gasteiger partial charge is 0.331 e. The number of rotatable bonds is 8. The predicted molar refractivity (Wildman–Crippen MR) is 109 cm³/mol. The highest BCUT2D eigenvalue weighted by Gasteiger charge is 2.17. The van der Waals surface area contributed by atoms with Crippen molar-refractivity contribution in [3.8, 4) is 17.6 Å². The molecule has 2 aromatic rings. The van der Waals surface area contributed by atoms with Gasteiger partial charge in [0.25, 0.3) is 5.91 Å². The minimum Gasteiger partial charge on any atom is -0.493 e. The van der Waals surface area contributed by atoms with Crippen LogP contribution in [-0.2, 0) is 14.3 Å². The molecule has 1 atom stereocenters. The van der Waals surface area contributed by atoms with Crippen LogP contribution in [0.15, 0.2) is 42.5 Å². The Morgan fingerprint density at radius 3 is 2.70 bits per heavy atom.